The van der Waals surface area contributed by atoms with E-state index in [2.05, 4.69) is 18.7 Å². The monoisotopic (exact) mass is 198 g/mol. The summed E-state index contributed by atoms with van der Waals surface area (Å²) in [5, 5.41) is 0. The molecule has 82 valence electrons. The molecule has 3 heteroatoms. The number of hydrogen-bond donors (Lipinski definition) is 1. The first kappa shape index (κ1) is 11.7. The van der Waals surface area contributed by atoms with Crippen molar-refractivity contribution in [3.8, 4) is 0 Å². The van der Waals surface area contributed by atoms with Crippen LogP contribution in [0.15, 0.2) is 0 Å². The number of nitrogens with two attached hydrogens (primary N) is 1. The summed E-state index contributed by atoms with van der Waals surface area (Å²) in [6.45, 7) is 7.84. The normalized spacial score (nSPS) is 25.6. The van der Waals surface area contributed by atoms with Crippen LogP contribution in [-0.4, -0.2) is 35.9 Å². The van der Waals surface area contributed by atoms with Gasteiger partial charge in [0.05, 0.1) is 6.04 Å². The molecule has 2 N–H and O–H groups in total. The molecular formula is C11H22N2O. The molecule has 0 amide bonds. The molecule has 1 rings (SSSR count). The lowest BCUT2D eigenvalue weighted by Crippen LogP contribution is -2.44. The maximum absolute atomic E-state index is 11.3. The van der Waals surface area contributed by atoms with Gasteiger partial charge in [-0.05, 0) is 32.2 Å². The fourth-order valence-corrected chi connectivity index (χ4v) is 1.99. The Morgan fingerprint density at radius 1 is 1.57 bits per heavy atom. The number of nitrogens with zero attached hydrogens (tertiary/aromatic N) is 1. The van der Waals surface area contributed by atoms with Crippen molar-refractivity contribution in [2.75, 3.05) is 13.1 Å². The van der Waals surface area contributed by atoms with Gasteiger partial charge in [0.1, 0.15) is 5.78 Å². The number of rotatable bonds is 4. The first-order valence-corrected chi connectivity index (χ1v) is 5.52. The molecular weight excluding hydrogens is 176 g/mol. The van der Waals surface area contributed by atoms with Crippen molar-refractivity contribution in [1.82, 2.24) is 4.90 Å². The minimum absolute atomic E-state index is 0.139. The zero-order valence-corrected chi connectivity index (χ0v) is 9.49. The number of hydrogen-bond acceptors (Lipinski definition) is 3. The standard InChI is InChI=1S/C11H22N2O/c1-8(2)10(12)7-13-6-4-5-11(13)9(3)14/h8,10-11H,4-7,12H2,1-3H3. The third-order valence-corrected chi connectivity index (χ3v) is 3.13. The second-order valence-electron chi connectivity index (χ2n) is 4.67. The van der Waals surface area contributed by atoms with E-state index in [1.807, 2.05) is 0 Å². The van der Waals surface area contributed by atoms with E-state index in [9.17, 15) is 4.79 Å². The summed E-state index contributed by atoms with van der Waals surface area (Å²) in [6.07, 6.45) is 2.15. The fraction of sp³-hybridized carbons (Fsp3) is 0.909. The molecule has 0 aromatic rings. The molecule has 1 saturated heterocycles. The summed E-state index contributed by atoms with van der Waals surface area (Å²) in [5.74, 6) is 0.779. The van der Waals surface area contributed by atoms with E-state index in [0.717, 1.165) is 25.9 Å². The molecule has 0 spiro atoms. The lowest BCUT2D eigenvalue weighted by atomic mass is 10.0. The SMILES string of the molecule is CC(=O)C1CCCN1CC(N)C(C)C. The summed E-state index contributed by atoms with van der Waals surface area (Å²) in [4.78, 5) is 13.6. The zero-order valence-electron chi connectivity index (χ0n) is 9.49. The van der Waals surface area contributed by atoms with Gasteiger partial charge in [-0.15, -0.1) is 0 Å². The molecule has 1 heterocycles. The topological polar surface area (TPSA) is 46.3 Å². The maximum atomic E-state index is 11.3. The van der Waals surface area contributed by atoms with Crippen molar-refractivity contribution in [2.45, 2.75) is 45.7 Å². The highest BCUT2D eigenvalue weighted by molar-refractivity contribution is 5.81. The lowest BCUT2D eigenvalue weighted by molar-refractivity contribution is -0.121. The van der Waals surface area contributed by atoms with Crippen molar-refractivity contribution < 1.29 is 4.79 Å². The molecule has 0 aliphatic carbocycles. The van der Waals surface area contributed by atoms with Crippen LogP contribution >= 0.6 is 0 Å². The summed E-state index contributed by atoms with van der Waals surface area (Å²) < 4.78 is 0. The first-order valence-electron chi connectivity index (χ1n) is 5.52. The average molecular weight is 198 g/mol. The molecule has 0 radical (unpaired) electrons. The van der Waals surface area contributed by atoms with Crippen molar-refractivity contribution in [2.24, 2.45) is 11.7 Å². The number of carbonyl (C=O) groups excluding carboxylic acids is 1. The van der Waals surface area contributed by atoms with E-state index in [-0.39, 0.29) is 12.1 Å². The second-order valence-corrected chi connectivity index (χ2v) is 4.67. The Morgan fingerprint density at radius 3 is 2.71 bits per heavy atom. The van der Waals surface area contributed by atoms with Gasteiger partial charge in [-0.25, -0.2) is 0 Å². The van der Waals surface area contributed by atoms with E-state index in [0.29, 0.717) is 11.7 Å². The van der Waals surface area contributed by atoms with Gasteiger partial charge in [-0.2, -0.15) is 0 Å². The van der Waals surface area contributed by atoms with Crippen LogP contribution in [0.3, 0.4) is 0 Å². The molecule has 3 nitrogen and oxygen atoms in total. The van der Waals surface area contributed by atoms with E-state index in [1.165, 1.54) is 0 Å². The van der Waals surface area contributed by atoms with Gasteiger partial charge in [-0.3, -0.25) is 9.69 Å². The van der Waals surface area contributed by atoms with Crippen LogP contribution < -0.4 is 5.73 Å². The van der Waals surface area contributed by atoms with Crippen LogP contribution in [0.2, 0.25) is 0 Å². The highest BCUT2D eigenvalue weighted by atomic mass is 16.1. The van der Waals surface area contributed by atoms with Crippen LogP contribution in [0.4, 0.5) is 0 Å². The highest BCUT2D eigenvalue weighted by Crippen LogP contribution is 2.18. The van der Waals surface area contributed by atoms with Gasteiger partial charge in [0, 0.05) is 12.6 Å². The highest BCUT2D eigenvalue weighted by Gasteiger charge is 2.29. The largest absolute Gasteiger partial charge is 0.326 e. The van der Waals surface area contributed by atoms with Crippen molar-refractivity contribution >= 4 is 5.78 Å². The molecule has 2 atom stereocenters. The zero-order chi connectivity index (χ0) is 10.7. The van der Waals surface area contributed by atoms with Crippen LogP contribution in [0.5, 0.6) is 0 Å². The summed E-state index contributed by atoms with van der Waals surface area (Å²) >= 11 is 0. The Hall–Kier alpha value is -0.410. The summed E-state index contributed by atoms with van der Waals surface area (Å²) in [6, 6.07) is 0.328. The second kappa shape index (κ2) is 4.89. The third kappa shape index (κ3) is 2.79. The third-order valence-electron chi connectivity index (χ3n) is 3.13. The molecule has 1 aliphatic heterocycles. The van der Waals surface area contributed by atoms with Gasteiger partial charge in [0.25, 0.3) is 0 Å². The smallest absolute Gasteiger partial charge is 0.146 e. The minimum atomic E-state index is 0.139. The van der Waals surface area contributed by atoms with Gasteiger partial charge in [0.15, 0.2) is 0 Å². The molecule has 0 aromatic carbocycles. The van der Waals surface area contributed by atoms with Gasteiger partial charge in [0.2, 0.25) is 0 Å². The van der Waals surface area contributed by atoms with Crippen LogP contribution in [0.1, 0.15) is 33.6 Å². The Labute approximate surface area is 86.6 Å². The van der Waals surface area contributed by atoms with E-state index in [1.54, 1.807) is 6.92 Å². The average Bonchev–Trinajstić information content (AvgIpc) is 2.52. The van der Waals surface area contributed by atoms with E-state index in [4.69, 9.17) is 5.73 Å². The fourth-order valence-electron chi connectivity index (χ4n) is 1.99. The Morgan fingerprint density at radius 2 is 2.21 bits per heavy atom. The predicted octanol–water partition coefficient (Wildman–Crippen LogP) is 1.02. The maximum Gasteiger partial charge on any atom is 0.146 e. The van der Waals surface area contributed by atoms with Crippen molar-refractivity contribution in [3.05, 3.63) is 0 Å². The Balaban J connectivity index is 2.47. The van der Waals surface area contributed by atoms with Crippen LogP contribution in [0, 0.1) is 5.92 Å². The molecule has 0 aromatic heterocycles. The molecule has 2 unspecified atom stereocenters. The van der Waals surface area contributed by atoms with Crippen molar-refractivity contribution in [3.63, 3.8) is 0 Å². The first-order chi connectivity index (χ1) is 6.52. The Kier molecular flexibility index (Phi) is 4.08. The molecule has 0 saturated carbocycles. The van der Waals surface area contributed by atoms with Crippen LogP contribution in [-0.2, 0) is 4.79 Å². The lowest BCUT2D eigenvalue weighted by Gasteiger charge is -2.27. The molecule has 0 bridgehead atoms. The summed E-state index contributed by atoms with van der Waals surface area (Å²) in [7, 11) is 0. The molecule has 1 fully saturated rings. The number of likely N-dealkylation sites (tertiary alicyclic amines) is 1. The minimum Gasteiger partial charge on any atom is -0.326 e. The number of ketones is 1. The summed E-state index contributed by atoms with van der Waals surface area (Å²) in [5.41, 5.74) is 6.01. The van der Waals surface area contributed by atoms with E-state index < -0.39 is 0 Å². The van der Waals surface area contributed by atoms with Crippen molar-refractivity contribution in [1.29, 1.82) is 0 Å². The number of carbonyl (C=O) groups is 1. The Bertz CT molecular complexity index is 203. The molecule has 14 heavy (non-hydrogen) atoms. The van der Waals surface area contributed by atoms with E-state index >= 15 is 0 Å². The quantitative estimate of drug-likeness (QED) is 0.733. The van der Waals surface area contributed by atoms with Gasteiger partial charge in [-0.1, -0.05) is 13.8 Å². The number of Topliss-reactive ketones (excluding diaryl/α,β-unsaturated/α-hetero) is 1. The molecule has 1 aliphatic rings. The van der Waals surface area contributed by atoms with Gasteiger partial charge >= 0.3 is 0 Å². The predicted molar refractivity (Wildman–Crippen MR) is 58.1 cm³/mol. The van der Waals surface area contributed by atoms with Gasteiger partial charge < -0.3 is 5.73 Å². The van der Waals surface area contributed by atoms with Crippen LogP contribution in [0.25, 0.3) is 0 Å².